The second kappa shape index (κ2) is 4.99. The van der Waals surface area contributed by atoms with E-state index in [1.807, 2.05) is 12.1 Å². The van der Waals surface area contributed by atoms with E-state index in [-0.39, 0.29) is 11.5 Å². The minimum atomic E-state index is -0.348. The summed E-state index contributed by atoms with van der Waals surface area (Å²) in [6.45, 7) is 2.09. The molecule has 0 aliphatic heterocycles. The van der Waals surface area contributed by atoms with E-state index in [0.29, 0.717) is 0 Å². The van der Waals surface area contributed by atoms with E-state index in [1.54, 1.807) is 7.11 Å². The highest BCUT2D eigenvalue weighted by molar-refractivity contribution is 5.39. The molecule has 1 fully saturated rings. The maximum atomic E-state index is 9.34. The lowest BCUT2D eigenvalue weighted by molar-refractivity contribution is 0.169. The second-order valence-electron chi connectivity index (χ2n) is 5.02. The maximum absolute atomic E-state index is 9.34. The van der Waals surface area contributed by atoms with Gasteiger partial charge in [0.25, 0.3) is 0 Å². The number of methoxy groups -OCH3 is 1. The molecule has 3 nitrogen and oxygen atoms in total. The van der Waals surface area contributed by atoms with Gasteiger partial charge in [-0.1, -0.05) is 25.5 Å². The van der Waals surface area contributed by atoms with Crippen LogP contribution < -0.4 is 10.5 Å². The molecule has 1 aromatic carbocycles. The average molecular weight is 244 g/mol. The zero-order chi connectivity index (χ0) is 13.2. The van der Waals surface area contributed by atoms with E-state index in [9.17, 15) is 5.26 Å². The molecule has 96 valence electrons. The van der Waals surface area contributed by atoms with Crippen LogP contribution in [0.5, 0.6) is 5.75 Å². The first-order chi connectivity index (χ1) is 8.66. The standard InChI is InChI=1S/C15H20N2O/c1-3-11-9-12(5-6-13(11)18-2)14(17)15(10-16)7-4-8-15/h5-6,9,14H,3-4,7-8,17H2,1-2H3. The van der Waals surface area contributed by atoms with E-state index in [4.69, 9.17) is 10.5 Å². The van der Waals surface area contributed by atoms with Gasteiger partial charge in [0.15, 0.2) is 0 Å². The van der Waals surface area contributed by atoms with Crippen molar-refractivity contribution in [1.82, 2.24) is 0 Å². The van der Waals surface area contributed by atoms with Crippen molar-refractivity contribution in [2.24, 2.45) is 11.1 Å². The SMILES string of the molecule is CCc1cc(C(N)C2(C#N)CCC2)ccc1OC. The van der Waals surface area contributed by atoms with Crippen molar-refractivity contribution in [1.29, 1.82) is 5.26 Å². The third-order valence-electron chi connectivity index (χ3n) is 4.11. The quantitative estimate of drug-likeness (QED) is 0.885. The highest BCUT2D eigenvalue weighted by Crippen LogP contribution is 2.48. The number of nitrogens with zero attached hydrogens (tertiary/aromatic N) is 1. The molecule has 3 heteroatoms. The Kier molecular flexibility index (Phi) is 3.58. The zero-order valence-corrected chi connectivity index (χ0v) is 11.1. The second-order valence-corrected chi connectivity index (χ2v) is 5.02. The summed E-state index contributed by atoms with van der Waals surface area (Å²) in [5, 5.41) is 9.34. The Morgan fingerprint density at radius 2 is 2.22 bits per heavy atom. The predicted molar refractivity (Wildman–Crippen MR) is 71.2 cm³/mol. The van der Waals surface area contributed by atoms with Gasteiger partial charge in [-0.25, -0.2) is 0 Å². The van der Waals surface area contributed by atoms with Crippen LogP contribution in [0, 0.1) is 16.7 Å². The summed E-state index contributed by atoms with van der Waals surface area (Å²) in [4.78, 5) is 0. The minimum absolute atomic E-state index is 0.188. The molecule has 1 aliphatic rings. The van der Waals surface area contributed by atoms with Crippen LogP contribution in [0.2, 0.25) is 0 Å². The highest BCUT2D eigenvalue weighted by Gasteiger charge is 2.43. The number of hydrogen-bond acceptors (Lipinski definition) is 3. The van der Waals surface area contributed by atoms with Gasteiger partial charge in [0.2, 0.25) is 0 Å². The summed E-state index contributed by atoms with van der Waals surface area (Å²) in [7, 11) is 1.68. The lowest BCUT2D eigenvalue weighted by Crippen LogP contribution is -2.39. The van der Waals surface area contributed by atoms with Crippen LogP contribution in [0.4, 0.5) is 0 Å². The molecular formula is C15H20N2O. The van der Waals surface area contributed by atoms with E-state index in [1.165, 1.54) is 0 Å². The fourth-order valence-corrected chi connectivity index (χ4v) is 2.64. The molecule has 0 aromatic heterocycles. The van der Waals surface area contributed by atoms with Gasteiger partial charge in [0, 0.05) is 6.04 Å². The van der Waals surface area contributed by atoms with Crippen LogP contribution in [-0.2, 0) is 6.42 Å². The maximum Gasteiger partial charge on any atom is 0.122 e. The van der Waals surface area contributed by atoms with Crippen molar-refractivity contribution in [2.45, 2.75) is 38.6 Å². The van der Waals surface area contributed by atoms with Gasteiger partial charge in [-0.15, -0.1) is 0 Å². The number of aryl methyl sites for hydroxylation is 1. The van der Waals surface area contributed by atoms with Gasteiger partial charge < -0.3 is 10.5 Å². The molecule has 0 bridgehead atoms. The van der Waals surface area contributed by atoms with Gasteiger partial charge in [0.05, 0.1) is 18.6 Å². The molecule has 18 heavy (non-hydrogen) atoms. The first-order valence-corrected chi connectivity index (χ1v) is 6.50. The first kappa shape index (κ1) is 12.9. The summed E-state index contributed by atoms with van der Waals surface area (Å²) < 4.78 is 5.32. The normalized spacial score (nSPS) is 18.6. The average Bonchev–Trinajstić information content (AvgIpc) is 2.37. The van der Waals surface area contributed by atoms with Crippen molar-refractivity contribution in [3.05, 3.63) is 29.3 Å². The summed E-state index contributed by atoms with van der Waals surface area (Å²) in [6, 6.07) is 8.26. The number of benzene rings is 1. The molecule has 0 saturated heterocycles. The van der Waals surface area contributed by atoms with Gasteiger partial charge in [0.1, 0.15) is 5.75 Å². The number of rotatable bonds is 4. The van der Waals surface area contributed by atoms with Crippen LogP contribution in [0.15, 0.2) is 18.2 Å². The van der Waals surface area contributed by atoms with Crippen molar-refractivity contribution in [3.63, 3.8) is 0 Å². The summed E-state index contributed by atoms with van der Waals surface area (Å²) in [5.41, 5.74) is 8.15. The molecule has 1 saturated carbocycles. The Morgan fingerprint density at radius 1 is 1.50 bits per heavy atom. The zero-order valence-electron chi connectivity index (χ0n) is 11.1. The topological polar surface area (TPSA) is 59.0 Å². The predicted octanol–water partition coefficient (Wildman–Crippen LogP) is 2.95. The monoisotopic (exact) mass is 244 g/mol. The number of nitriles is 1. The lowest BCUT2D eigenvalue weighted by Gasteiger charge is -2.40. The van der Waals surface area contributed by atoms with Gasteiger partial charge >= 0.3 is 0 Å². The Labute approximate surface area is 109 Å². The van der Waals surface area contributed by atoms with Crippen molar-refractivity contribution in [2.75, 3.05) is 7.11 Å². The van der Waals surface area contributed by atoms with Crippen LogP contribution in [0.1, 0.15) is 43.4 Å². The molecule has 1 aliphatic carbocycles. The molecule has 1 aromatic rings. The summed E-state index contributed by atoms with van der Waals surface area (Å²) in [5.74, 6) is 0.896. The van der Waals surface area contributed by atoms with Crippen LogP contribution in [0.25, 0.3) is 0 Å². The Hall–Kier alpha value is -1.53. The molecule has 0 heterocycles. The van der Waals surface area contributed by atoms with E-state index < -0.39 is 0 Å². The fourth-order valence-electron chi connectivity index (χ4n) is 2.64. The van der Waals surface area contributed by atoms with Gasteiger partial charge in [-0.3, -0.25) is 0 Å². The molecule has 2 rings (SSSR count). The van der Waals surface area contributed by atoms with E-state index >= 15 is 0 Å². The molecule has 0 radical (unpaired) electrons. The number of hydrogen-bond donors (Lipinski definition) is 1. The summed E-state index contributed by atoms with van der Waals surface area (Å²) >= 11 is 0. The summed E-state index contributed by atoms with van der Waals surface area (Å²) in [6.07, 6.45) is 3.84. The first-order valence-electron chi connectivity index (χ1n) is 6.50. The van der Waals surface area contributed by atoms with E-state index in [0.717, 1.165) is 42.6 Å². The molecule has 0 amide bonds. The smallest absolute Gasteiger partial charge is 0.122 e. The fraction of sp³-hybridized carbons (Fsp3) is 0.533. The Bertz CT molecular complexity index is 472. The van der Waals surface area contributed by atoms with Crippen molar-refractivity contribution in [3.8, 4) is 11.8 Å². The minimum Gasteiger partial charge on any atom is -0.496 e. The molecule has 0 spiro atoms. The third kappa shape index (κ3) is 1.97. The number of ether oxygens (including phenoxy) is 1. The highest BCUT2D eigenvalue weighted by atomic mass is 16.5. The van der Waals surface area contributed by atoms with Crippen LogP contribution in [0.3, 0.4) is 0 Å². The van der Waals surface area contributed by atoms with Gasteiger partial charge in [-0.05, 0) is 36.5 Å². The Balaban J connectivity index is 2.31. The van der Waals surface area contributed by atoms with Crippen LogP contribution in [-0.4, -0.2) is 7.11 Å². The molecule has 1 unspecified atom stereocenters. The van der Waals surface area contributed by atoms with Crippen LogP contribution >= 0.6 is 0 Å². The van der Waals surface area contributed by atoms with E-state index in [2.05, 4.69) is 19.1 Å². The third-order valence-corrected chi connectivity index (χ3v) is 4.11. The molecule has 1 atom stereocenters. The molecular weight excluding hydrogens is 224 g/mol. The molecule has 2 N–H and O–H groups in total. The lowest BCUT2D eigenvalue weighted by atomic mass is 9.63. The van der Waals surface area contributed by atoms with Crippen molar-refractivity contribution < 1.29 is 4.74 Å². The largest absolute Gasteiger partial charge is 0.496 e. The van der Waals surface area contributed by atoms with Crippen molar-refractivity contribution >= 4 is 0 Å². The van der Waals surface area contributed by atoms with Gasteiger partial charge in [-0.2, -0.15) is 5.26 Å². The Morgan fingerprint density at radius 3 is 2.67 bits per heavy atom. The number of nitrogens with two attached hydrogens (primary N) is 1.